The average molecular weight is 321 g/mol. The molecule has 1 aromatic rings. The molecule has 0 atom stereocenters. The molecule has 0 unspecified atom stereocenters. The fraction of sp³-hybridized carbons (Fsp3) is 0.692. The smallest absolute Gasteiger partial charge is 0.359 e. The predicted octanol–water partition coefficient (Wildman–Crippen LogP) is 3.22. The summed E-state index contributed by atoms with van der Waals surface area (Å²) in [4.78, 5) is 16.7. The van der Waals surface area contributed by atoms with Crippen molar-refractivity contribution in [3.05, 3.63) is 11.1 Å². The fourth-order valence-electron chi connectivity index (χ4n) is 2.26. The summed E-state index contributed by atoms with van der Waals surface area (Å²) in [5.74, 6) is 0.102. The van der Waals surface area contributed by atoms with Crippen molar-refractivity contribution in [1.82, 2.24) is 9.88 Å². The first-order valence-corrected chi connectivity index (χ1v) is 7.67. The molecule has 1 amide bonds. The van der Waals surface area contributed by atoms with Crippen LogP contribution in [0.2, 0.25) is 0 Å². The quantitative estimate of drug-likeness (QED) is 0.930. The molecule has 21 heavy (non-hydrogen) atoms. The van der Waals surface area contributed by atoms with E-state index in [9.17, 15) is 18.0 Å². The van der Waals surface area contributed by atoms with Crippen molar-refractivity contribution in [2.24, 2.45) is 5.92 Å². The third-order valence-electron chi connectivity index (χ3n) is 3.41. The summed E-state index contributed by atoms with van der Waals surface area (Å²) in [6.07, 6.45) is -2.05. The van der Waals surface area contributed by atoms with Crippen molar-refractivity contribution >= 4 is 22.4 Å². The summed E-state index contributed by atoms with van der Waals surface area (Å²) >= 11 is 0.618. The Kier molecular flexibility index (Phi) is 4.75. The predicted molar refractivity (Wildman–Crippen MR) is 75.2 cm³/mol. The highest BCUT2D eigenvalue weighted by Crippen LogP contribution is 2.35. The molecule has 0 saturated carbocycles. The SMILES string of the molecule is CC(C)C(=O)N1CCC(Nc2ncc(C(F)(F)F)s2)CC1. The van der Waals surface area contributed by atoms with Gasteiger partial charge in [0, 0.05) is 25.0 Å². The molecule has 1 N–H and O–H groups in total. The molecule has 0 aromatic carbocycles. The van der Waals surface area contributed by atoms with E-state index in [0.717, 1.165) is 19.0 Å². The minimum absolute atomic E-state index is 0.0252. The number of halogens is 3. The second-order valence-corrected chi connectivity index (χ2v) is 6.46. The Bertz CT molecular complexity index is 493. The maximum Gasteiger partial charge on any atom is 0.427 e. The number of nitrogens with zero attached hydrogens (tertiary/aromatic N) is 2. The van der Waals surface area contributed by atoms with Crippen molar-refractivity contribution in [2.45, 2.75) is 38.9 Å². The molecule has 0 bridgehead atoms. The Morgan fingerprint density at radius 3 is 2.52 bits per heavy atom. The Morgan fingerprint density at radius 2 is 2.05 bits per heavy atom. The number of thiazole rings is 1. The zero-order chi connectivity index (χ0) is 15.6. The molecular weight excluding hydrogens is 303 g/mol. The van der Waals surface area contributed by atoms with Gasteiger partial charge >= 0.3 is 6.18 Å². The lowest BCUT2D eigenvalue weighted by molar-refractivity contribution is -0.135. The van der Waals surface area contributed by atoms with E-state index in [-0.39, 0.29) is 23.0 Å². The van der Waals surface area contributed by atoms with E-state index in [1.807, 2.05) is 18.7 Å². The maximum absolute atomic E-state index is 12.5. The van der Waals surface area contributed by atoms with Gasteiger partial charge in [-0.15, -0.1) is 0 Å². The van der Waals surface area contributed by atoms with Crippen molar-refractivity contribution in [3.63, 3.8) is 0 Å². The van der Waals surface area contributed by atoms with Crippen LogP contribution in [-0.4, -0.2) is 34.9 Å². The molecule has 1 saturated heterocycles. The van der Waals surface area contributed by atoms with Crippen LogP contribution in [-0.2, 0) is 11.0 Å². The second-order valence-electron chi connectivity index (χ2n) is 5.43. The van der Waals surface area contributed by atoms with Gasteiger partial charge in [-0.2, -0.15) is 13.2 Å². The molecule has 0 radical (unpaired) electrons. The molecule has 8 heteroatoms. The fourth-order valence-corrected chi connectivity index (χ4v) is 3.02. The number of hydrogen-bond donors (Lipinski definition) is 1. The van der Waals surface area contributed by atoms with Gasteiger partial charge in [0.2, 0.25) is 5.91 Å². The minimum Gasteiger partial charge on any atom is -0.359 e. The van der Waals surface area contributed by atoms with Crippen LogP contribution in [0.15, 0.2) is 6.20 Å². The van der Waals surface area contributed by atoms with Crippen LogP contribution in [0.1, 0.15) is 31.6 Å². The lowest BCUT2D eigenvalue weighted by Crippen LogP contribution is -2.43. The number of aromatic nitrogens is 1. The van der Waals surface area contributed by atoms with E-state index in [1.54, 1.807) is 0 Å². The van der Waals surface area contributed by atoms with Crippen LogP contribution in [0, 0.1) is 5.92 Å². The van der Waals surface area contributed by atoms with Crippen LogP contribution in [0.25, 0.3) is 0 Å². The number of alkyl halides is 3. The maximum atomic E-state index is 12.5. The highest BCUT2D eigenvalue weighted by Gasteiger charge is 2.33. The largest absolute Gasteiger partial charge is 0.427 e. The normalized spacial score (nSPS) is 17.3. The molecule has 0 aliphatic carbocycles. The van der Waals surface area contributed by atoms with Crippen LogP contribution < -0.4 is 5.32 Å². The van der Waals surface area contributed by atoms with E-state index in [2.05, 4.69) is 10.3 Å². The Hall–Kier alpha value is -1.31. The average Bonchev–Trinajstić information content (AvgIpc) is 2.87. The zero-order valence-electron chi connectivity index (χ0n) is 11.9. The van der Waals surface area contributed by atoms with Gasteiger partial charge in [-0.3, -0.25) is 4.79 Å². The summed E-state index contributed by atoms with van der Waals surface area (Å²) in [6, 6.07) is 0.0634. The number of piperidine rings is 1. The Morgan fingerprint density at radius 1 is 1.43 bits per heavy atom. The van der Waals surface area contributed by atoms with Crippen LogP contribution in [0.5, 0.6) is 0 Å². The molecular formula is C13H18F3N3OS. The summed E-state index contributed by atoms with van der Waals surface area (Å²) in [7, 11) is 0. The van der Waals surface area contributed by atoms with Crippen molar-refractivity contribution < 1.29 is 18.0 Å². The van der Waals surface area contributed by atoms with Crippen molar-refractivity contribution in [2.75, 3.05) is 18.4 Å². The van der Waals surface area contributed by atoms with Gasteiger partial charge < -0.3 is 10.2 Å². The number of rotatable bonds is 3. The standard InChI is InChI=1S/C13H18F3N3OS/c1-8(2)11(20)19-5-3-9(4-6-19)18-12-17-7-10(21-12)13(14,15)16/h7-9H,3-6H2,1-2H3,(H,17,18). The highest BCUT2D eigenvalue weighted by molar-refractivity contribution is 7.15. The molecule has 1 fully saturated rings. The molecule has 118 valence electrons. The van der Waals surface area contributed by atoms with Gasteiger partial charge in [-0.05, 0) is 12.8 Å². The highest BCUT2D eigenvalue weighted by atomic mass is 32.1. The first kappa shape index (κ1) is 16.1. The van der Waals surface area contributed by atoms with Gasteiger partial charge in [0.15, 0.2) is 5.13 Å². The molecule has 0 spiro atoms. The minimum atomic E-state index is -4.34. The molecule has 2 heterocycles. The second kappa shape index (κ2) is 6.21. The van der Waals surface area contributed by atoms with Crippen molar-refractivity contribution in [3.8, 4) is 0 Å². The summed E-state index contributed by atoms with van der Waals surface area (Å²) < 4.78 is 37.5. The van der Waals surface area contributed by atoms with Crippen LogP contribution >= 0.6 is 11.3 Å². The molecule has 1 aliphatic heterocycles. The first-order chi connectivity index (χ1) is 9.77. The van der Waals surface area contributed by atoms with E-state index in [1.165, 1.54) is 0 Å². The Labute approximate surface area is 125 Å². The van der Waals surface area contributed by atoms with Gasteiger partial charge in [0.05, 0.1) is 6.20 Å². The van der Waals surface area contributed by atoms with Gasteiger partial charge in [-0.1, -0.05) is 25.2 Å². The van der Waals surface area contributed by atoms with E-state index >= 15 is 0 Å². The first-order valence-electron chi connectivity index (χ1n) is 6.85. The number of anilines is 1. The lowest BCUT2D eigenvalue weighted by atomic mass is 10.0. The van der Waals surface area contributed by atoms with Crippen LogP contribution in [0.4, 0.5) is 18.3 Å². The lowest BCUT2D eigenvalue weighted by Gasteiger charge is -2.33. The monoisotopic (exact) mass is 321 g/mol. The van der Waals surface area contributed by atoms with E-state index < -0.39 is 11.1 Å². The van der Waals surface area contributed by atoms with E-state index in [0.29, 0.717) is 24.4 Å². The number of carbonyl (C=O) groups is 1. The van der Waals surface area contributed by atoms with Crippen molar-refractivity contribution in [1.29, 1.82) is 0 Å². The number of likely N-dealkylation sites (tertiary alicyclic amines) is 1. The van der Waals surface area contributed by atoms with Gasteiger partial charge in [0.25, 0.3) is 0 Å². The summed E-state index contributed by atoms with van der Waals surface area (Å²) in [6.45, 7) is 4.99. The molecule has 1 aromatic heterocycles. The number of hydrogen-bond acceptors (Lipinski definition) is 4. The van der Waals surface area contributed by atoms with Crippen LogP contribution in [0.3, 0.4) is 0 Å². The molecule has 1 aliphatic rings. The summed E-state index contributed by atoms with van der Waals surface area (Å²) in [5, 5.41) is 3.32. The van der Waals surface area contributed by atoms with Gasteiger partial charge in [-0.25, -0.2) is 4.98 Å². The molecule has 2 rings (SSSR count). The topological polar surface area (TPSA) is 45.2 Å². The Balaban J connectivity index is 1.86. The van der Waals surface area contributed by atoms with Gasteiger partial charge in [0.1, 0.15) is 4.88 Å². The number of nitrogens with one attached hydrogen (secondary N) is 1. The molecule has 4 nitrogen and oxygen atoms in total. The number of carbonyl (C=O) groups excluding carboxylic acids is 1. The zero-order valence-corrected chi connectivity index (χ0v) is 12.7. The summed E-state index contributed by atoms with van der Waals surface area (Å²) in [5.41, 5.74) is 0. The third kappa shape index (κ3) is 4.09. The number of amides is 1. The van der Waals surface area contributed by atoms with E-state index in [4.69, 9.17) is 0 Å². The third-order valence-corrected chi connectivity index (χ3v) is 4.39.